The lowest BCUT2D eigenvalue weighted by Gasteiger charge is -2.30. The molecule has 4 atom stereocenters. The van der Waals surface area contributed by atoms with Crippen LogP contribution in [0.4, 0.5) is 4.79 Å². The zero-order chi connectivity index (χ0) is 23.5. The third kappa shape index (κ3) is 7.93. The monoisotopic (exact) mass is 462 g/mol. The first-order valence-corrected chi connectivity index (χ1v) is 11.9. The molecule has 0 bridgehead atoms. The lowest BCUT2D eigenvalue weighted by Crippen LogP contribution is -2.50. The molecule has 0 spiro atoms. The topological polar surface area (TPSA) is 88.1 Å². The first kappa shape index (κ1) is 25.8. The first-order chi connectivity index (χ1) is 15.4. The van der Waals surface area contributed by atoms with Crippen LogP contribution in [0.3, 0.4) is 0 Å². The van der Waals surface area contributed by atoms with Crippen LogP contribution in [-0.4, -0.2) is 59.2 Å². The van der Waals surface area contributed by atoms with E-state index >= 15 is 0 Å². The van der Waals surface area contributed by atoms with E-state index in [1.54, 1.807) is 35.7 Å². The summed E-state index contributed by atoms with van der Waals surface area (Å²) in [6, 6.07) is 16.1. The highest BCUT2D eigenvalue weighted by Crippen LogP contribution is 2.19. The molecule has 1 amide bonds. The molecule has 0 aromatic heterocycles. The number of carbonyl (C=O) groups is 1. The highest BCUT2D eigenvalue weighted by atomic mass is 32.2. The van der Waals surface area contributed by atoms with Crippen molar-refractivity contribution in [2.24, 2.45) is 5.92 Å². The van der Waals surface area contributed by atoms with Crippen LogP contribution >= 0.6 is 0 Å². The molecule has 2 N–H and O–H groups in total. The summed E-state index contributed by atoms with van der Waals surface area (Å²) in [5.74, 6) is 0.968. The standard InChI is InChI=1S/C24H34N2O5S/c1-5-18(2)16-26(32(29)21-13-11-20(30-3)12-14-21)17-23(27)22(25-24(28)31-4)15-19-9-7-6-8-10-19/h6-14,18,22-23,27H,5,15-17H2,1-4H3,(H,25,28). The first-order valence-electron chi connectivity index (χ1n) is 10.7. The fraction of sp³-hybridized carbons (Fsp3) is 0.458. The third-order valence-corrected chi connectivity index (χ3v) is 6.79. The van der Waals surface area contributed by atoms with E-state index in [0.717, 1.165) is 12.0 Å². The number of aliphatic hydroxyl groups excluding tert-OH is 1. The van der Waals surface area contributed by atoms with Gasteiger partial charge in [0.05, 0.1) is 31.3 Å². The number of nitrogens with one attached hydrogen (secondary N) is 1. The lowest BCUT2D eigenvalue weighted by atomic mass is 10.0. The van der Waals surface area contributed by atoms with Crippen LogP contribution in [0, 0.1) is 5.92 Å². The van der Waals surface area contributed by atoms with Gasteiger partial charge in [0, 0.05) is 13.1 Å². The molecule has 0 fully saturated rings. The van der Waals surface area contributed by atoms with Gasteiger partial charge in [0.15, 0.2) is 0 Å². The van der Waals surface area contributed by atoms with Crippen LogP contribution in [0.5, 0.6) is 5.75 Å². The van der Waals surface area contributed by atoms with Crippen molar-refractivity contribution in [1.82, 2.24) is 9.62 Å². The largest absolute Gasteiger partial charge is 0.497 e. The number of nitrogens with zero attached hydrogens (tertiary/aromatic N) is 1. The average Bonchev–Trinajstić information content (AvgIpc) is 2.83. The number of carbonyl (C=O) groups excluding carboxylic acids is 1. The molecule has 8 heteroatoms. The smallest absolute Gasteiger partial charge is 0.407 e. The van der Waals surface area contributed by atoms with Crippen LogP contribution in [-0.2, 0) is 22.1 Å². The van der Waals surface area contributed by atoms with Gasteiger partial charge in [-0.2, -0.15) is 0 Å². The number of hydrogen-bond donors (Lipinski definition) is 2. The fourth-order valence-corrected chi connectivity index (χ4v) is 4.57. The van der Waals surface area contributed by atoms with Crippen molar-refractivity contribution in [2.75, 3.05) is 27.3 Å². The van der Waals surface area contributed by atoms with Crippen molar-refractivity contribution in [2.45, 2.75) is 43.7 Å². The molecular weight excluding hydrogens is 428 g/mol. The minimum atomic E-state index is -1.48. The van der Waals surface area contributed by atoms with E-state index in [9.17, 15) is 14.1 Å². The normalized spacial score (nSPS) is 14.9. The molecule has 0 aliphatic heterocycles. The molecule has 7 nitrogen and oxygen atoms in total. The predicted octanol–water partition coefficient (Wildman–Crippen LogP) is 3.39. The molecular formula is C24H34N2O5S. The summed E-state index contributed by atoms with van der Waals surface area (Å²) in [5, 5.41) is 13.8. The highest BCUT2D eigenvalue weighted by molar-refractivity contribution is 7.82. The molecule has 0 radical (unpaired) electrons. The van der Waals surface area contributed by atoms with Gasteiger partial charge < -0.3 is 19.9 Å². The number of hydrogen-bond acceptors (Lipinski definition) is 5. The molecule has 2 rings (SSSR count). The maximum Gasteiger partial charge on any atom is 0.407 e. The van der Waals surface area contributed by atoms with Gasteiger partial charge in [0.25, 0.3) is 0 Å². The number of methoxy groups -OCH3 is 2. The van der Waals surface area contributed by atoms with E-state index in [1.807, 2.05) is 30.3 Å². The molecule has 0 saturated carbocycles. The Kier molecular flexibility index (Phi) is 10.7. The summed E-state index contributed by atoms with van der Waals surface area (Å²) in [5.41, 5.74) is 0.970. The molecule has 4 unspecified atom stereocenters. The molecule has 0 aliphatic rings. The predicted molar refractivity (Wildman–Crippen MR) is 126 cm³/mol. The Morgan fingerprint density at radius 1 is 1.09 bits per heavy atom. The molecule has 2 aromatic rings. The Bertz CT molecular complexity index is 847. The van der Waals surface area contributed by atoms with Crippen molar-refractivity contribution in [1.29, 1.82) is 0 Å². The number of aliphatic hydroxyl groups is 1. The Morgan fingerprint density at radius 3 is 2.31 bits per heavy atom. The number of amides is 1. The maximum absolute atomic E-state index is 13.4. The van der Waals surface area contributed by atoms with E-state index in [0.29, 0.717) is 23.6 Å². The van der Waals surface area contributed by atoms with E-state index in [1.165, 1.54) is 7.11 Å². The van der Waals surface area contributed by atoms with Crippen LogP contribution in [0.2, 0.25) is 0 Å². The van der Waals surface area contributed by atoms with Crippen molar-refractivity contribution in [3.05, 3.63) is 60.2 Å². The lowest BCUT2D eigenvalue weighted by molar-refractivity contribution is 0.0951. The minimum Gasteiger partial charge on any atom is -0.497 e. The zero-order valence-electron chi connectivity index (χ0n) is 19.2. The van der Waals surface area contributed by atoms with Crippen LogP contribution < -0.4 is 10.1 Å². The quantitative estimate of drug-likeness (QED) is 0.505. The van der Waals surface area contributed by atoms with Crippen molar-refractivity contribution in [3.8, 4) is 5.75 Å². The van der Waals surface area contributed by atoms with Gasteiger partial charge in [-0.25, -0.2) is 13.3 Å². The summed E-state index contributed by atoms with van der Waals surface area (Å²) >= 11 is 0. The van der Waals surface area contributed by atoms with Crippen molar-refractivity contribution < 1.29 is 23.6 Å². The van der Waals surface area contributed by atoms with Gasteiger partial charge in [0.1, 0.15) is 16.7 Å². The Hall–Kier alpha value is -2.42. The van der Waals surface area contributed by atoms with Gasteiger partial charge >= 0.3 is 6.09 Å². The van der Waals surface area contributed by atoms with Crippen LogP contribution in [0.25, 0.3) is 0 Å². The Labute approximate surface area is 193 Å². The highest BCUT2D eigenvalue weighted by Gasteiger charge is 2.28. The second-order valence-corrected chi connectivity index (χ2v) is 9.27. The van der Waals surface area contributed by atoms with Crippen LogP contribution in [0.1, 0.15) is 25.8 Å². The number of alkyl carbamates (subject to hydrolysis) is 1. The summed E-state index contributed by atoms with van der Waals surface area (Å²) in [7, 11) is 1.39. The maximum atomic E-state index is 13.4. The van der Waals surface area contributed by atoms with E-state index in [4.69, 9.17) is 9.47 Å². The van der Waals surface area contributed by atoms with Crippen molar-refractivity contribution >= 4 is 17.1 Å². The number of benzene rings is 2. The van der Waals surface area contributed by atoms with Gasteiger partial charge in [-0.3, -0.25) is 0 Å². The van der Waals surface area contributed by atoms with E-state index in [-0.39, 0.29) is 12.5 Å². The average molecular weight is 463 g/mol. The SMILES string of the molecule is CCC(C)CN(CC(O)C(Cc1ccccc1)NC(=O)OC)S(=O)c1ccc(OC)cc1. The van der Waals surface area contributed by atoms with Gasteiger partial charge in [-0.05, 0) is 42.2 Å². The molecule has 0 aliphatic carbocycles. The summed E-state index contributed by atoms with van der Waals surface area (Å²) in [6.07, 6.45) is -0.237. The molecule has 176 valence electrons. The van der Waals surface area contributed by atoms with Crippen LogP contribution in [0.15, 0.2) is 59.5 Å². The third-order valence-electron chi connectivity index (χ3n) is 5.35. The summed E-state index contributed by atoms with van der Waals surface area (Å²) in [6.45, 7) is 4.83. The van der Waals surface area contributed by atoms with Crippen molar-refractivity contribution in [3.63, 3.8) is 0 Å². The van der Waals surface area contributed by atoms with E-state index in [2.05, 4.69) is 19.2 Å². The second-order valence-electron chi connectivity index (χ2n) is 7.78. The van der Waals surface area contributed by atoms with Gasteiger partial charge in [0.2, 0.25) is 0 Å². The van der Waals surface area contributed by atoms with E-state index < -0.39 is 29.2 Å². The Balaban J connectivity index is 2.22. The number of ether oxygens (including phenoxy) is 2. The summed E-state index contributed by atoms with van der Waals surface area (Å²) in [4.78, 5) is 12.5. The minimum absolute atomic E-state index is 0.129. The number of rotatable bonds is 12. The summed E-state index contributed by atoms with van der Waals surface area (Å²) < 4.78 is 25.1. The fourth-order valence-electron chi connectivity index (χ4n) is 3.23. The second kappa shape index (κ2) is 13.2. The molecule has 32 heavy (non-hydrogen) atoms. The zero-order valence-corrected chi connectivity index (χ0v) is 20.0. The van der Waals surface area contributed by atoms with Gasteiger partial charge in [-0.15, -0.1) is 0 Å². The molecule has 0 saturated heterocycles. The molecule has 0 heterocycles. The Morgan fingerprint density at radius 2 is 1.75 bits per heavy atom. The van der Waals surface area contributed by atoms with Gasteiger partial charge in [-0.1, -0.05) is 50.6 Å². The molecule has 2 aromatic carbocycles.